The fourth-order valence-electron chi connectivity index (χ4n) is 12.1. The molecule has 0 amide bonds. The van der Waals surface area contributed by atoms with Gasteiger partial charge in [0, 0.05) is 32.7 Å². The fraction of sp³-hybridized carbons (Fsp3) is 0.0822. The molecule has 0 saturated carbocycles. The van der Waals surface area contributed by atoms with E-state index in [9.17, 15) is 31.6 Å². The molecule has 3 nitrogen and oxygen atoms in total. The van der Waals surface area contributed by atoms with Crippen LogP contribution in [0.25, 0.3) is 122 Å². The van der Waals surface area contributed by atoms with Crippen LogP contribution < -0.4 is 0 Å². The second kappa shape index (κ2) is 19.7. The third-order valence-electron chi connectivity index (χ3n) is 16.2. The maximum atomic E-state index is 14.7. The third kappa shape index (κ3) is 8.88. The van der Waals surface area contributed by atoms with Gasteiger partial charge in [-0.05, 0) is 197 Å². The van der Waals surface area contributed by atoms with Gasteiger partial charge in [0.25, 0.3) is 0 Å². The molecule has 2 heterocycles. The highest BCUT2D eigenvalue weighted by Crippen LogP contribution is 2.47. The predicted molar refractivity (Wildman–Crippen MR) is 321 cm³/mol. The average Bonchev–Trinajstić information content (AvgIpc) is 3.64. The summed E-state index contributed by atoms with van der Waals surface area (Å²) in [7, 11) is 0. The van der Waals surface area contributed by atoms with Crippen LogP contribution in [0.1, 0.15) is 38.9 Å². The van der Waals surface area contributed by atoms with Gasteiger partial charge in [-0.25, -0.2) is 0 Å². The van der Waals surface area contributed by atoms with Gasteiger partial charge in [0.2, 0.25) is 0 Å². The molecule has 9 heteroatoms. The summed E-state index contributed by atoms with van der Waals surface area (Å²) in [4.78, 5) is 0. The Kier molecular flexibility index (Phi) is 12.4. The number of aryl methyl sites for hydroxylation is 4. The molecule has 0 aliphatic rings. The summed E-state index contributed by atoms with van der Waals surface area (Å²) in [6.07, 6.45) is -10.2. The molecule has 0 atom stereocenters. The molecule has 0 bridgehead atoms. The van der Waals surface area contributed by atoms with E-state index in [1.807, 2.05) is 60.7 Å². The lowest BCUT2D eigenvalue weighted by atomic mass is 9.93. The van der Waals surface area contributed by atoms with Crippen LogP contribution in [0.15, 0.2) is 224 Å². The Balaban J connectivity index is 1.14. The van der Waals surface area contributed by atoms with E-state index < -0.39 is 23.5 Å². The van der Waals surface area contributed by atoms with E-state index >= 15 is 0 Å². The van der Waals surface area contributed by atoms with Crippen molar-refractivity contribution in [2.75, 3.05) is 0 Å². The SMILES string of the molecule is Cc1ccccc1-c1ccc2c(c1)c1cc(-c3ccccc3C)ccc1n2-c1ccc(-c2cc(C(F)(F)F)cc(C(F)(F)F)c2)cc1-c1ccc(C#N)cc1-n1c2ccc(-c3ccccc3C)cc2c2cc(-c3ccccc3C)ccc21. The van der Waals surface area contributed by atoms with Crippen molar-refractivity contribution in [3.05, 3.63) is 263 Å². The number of halogens is 6. The zero-order chi connectivity index (χ0) is 56.8. The highest BCUT2D eigenvalue weighted by molar-refractivity contribution is 6.14. The molecule has 2 aromatic heterocycles. The van der Waals surface area contributed by atoms with E-state index in [1.54, 1.807) is 24.3 Å². The molecule has 11 aromatic carbocycles. The number of fused-ring (bicyclic) bond motifs is 6. The number of alkyl halides is 6. The van der Waals surface area contributed by atoms with Gasteiger partial charge in [-0.2, -0.15) is 31.6 Å². The average molecular weight is 1080 g/mol. The van der Waals surface area contributed by atoms with E-state index in [4.69, 9.17) is 0 Å². The zero-order valence-electron chi connectivity index (χ0n) is 45.0. The first-order valence-electron chi connectivity index (χ1n) is 26.9. The quantitative estimate of drug-likeness (QED) is 0.140. The number of hydrogen-bond donors (Lipinski definition) is 0. The van der Waals surface area contributed by atoms with Crippen molar-refractivity contribution in [3.63, 3.8) is 0 Å². The van der Waals surface area contributed by atoms with Crippen molar-refractivity contribution >= 4 is 43.6 Å². The molecule has 13 aromatic rings. The highest BCUT2D eigenvalue weighted by atomic mass is 19.4. The fourth-order valence-corrected chi connectivity index (χ4v) is 12.1. The zero-order valence-corrected chi connectivity index (χ0v) is 45.0. The van der Waals surface area contributed by atoms with Crippen molar-refractivity contribution in [2.45, 2.75) is 40.0 Å². The lowest BCUT2D eigenvalue weighted by molar-refractivity contribution is -0.143. The second-order valence-corrected chi connectivity index (χ2v) is 21.2. The van der Waals surface area contributed by atoms with Crippen LogP contribution in [-0.4, -0.2) is 9.13 Å². The number of benzene rings is 11. The molecule has 0 aliphatic heterocycles. The van der Waals surface area contributed by atoms with Gasteiger partial charge in [0.1, 0.15) is 0 Å². The largest absolute Gasteiger partial charge is 0.416 e. The number of hydrogen-bond acceptors (Lipinski definition) is 1. The van der Waals surface area contributed by atoms with Gasteiger partial charge in [0.05, 0.1) is 56.2 Å². The van der Waals surface area contributed by atoms with E-state index in [1.165, 1.54) is 0 Å². The van der Waals surface area contributed by atoms with Gasteiger partial charge in [-0.1, -0.05) is 133 Å². The van der Waals surface area contributed by atoms with Gasteiger partial charge < -0.3 is 9.13 Å². The van der Waals surface area contributed by atoms with Crippen LogP contribution in [-0.2, 0) is 12.4 Å². The minimum Gasteiger partial charge on any atom is -0.309 e. The molecule has 0 unspecified atom stereocenters. The van der Waals surface area contributed by atoms with Gasteiger partial charge in [-0.15, -0.1) is 0 Å². The summed E-state index contributed by atoms with van der Waals surface area (Å²) in [6.45, 7) is 8.32. The van der Waals surface area contributed by atoms with E-state index in [2.05, 4.69) is 164 Å². The molecule has 398 valence electrons. The summed E-state index contributed by atoms with van der Waals surface area (Å²) in [5.41, 5.74) is 15.6. The minimum atomic E-state index is -5.08. The van der Waals surface area contributed by atoms with Crippen molar-refractivity contribution in [3.8, 4) is 84.2 Å². The summed E-state index contributed by atoms with van der Waals surface area (Å²) in [6, 6.07) is 72.7. The first-order valence-corrected chi connectivity index (χ1v) is 26.9. The molecule has 0 aliphatic carbocycles. The first kappa shape index (κ1) is 51.5. The van der Waals surface area contributed by atoms with Gasteiger partial charge in [0.15, 0.2) is 0 Å². The Bertz CT molecular complexity index is 4560. The van der Waals surface area contributed by atoms with Crippen molar-refractivity contribution in [1.82, 2.24) is 9.13 Å². The lowest BCUT2D eigenvalue weighted by Gasteiger charge is -2.21. The molecular weight excluding hydrogens is 1030 g/mol. The van der Waals surface area contributed by atoms with Crippen LogP contribution in [0.5, 0.6) is 0 Å². The Hall–Kier alpha value is -9.91. The molecule has 0 N–H and O–H groups in total. The Morgan fingerprint density at radius 1 is 0.305 bits per heavy atom. The van der Waals surface area contributed by atoms with Crippen LogP contribution >= 0.6 is 0 Å². The normalized spacial score (nSPS) is 12.0. The molecule has 0 fully saturated rings. The standard InChI is InChI=1S/C73H49F6N3/c1-43-13-5-9-17-56(43)49-23-29-67-62(37-49)63-38-50(57-18-10-6-14-44(57)2)24-30-68(63)81(67)66-28-22-48(53-34-54(72(74,75)76)41-55(35-53)73(77,78)79)36-61(66)60-27-21-47(42-80)33-71(60)82-69-31-25-51(58-19-11-7-15-45(58)3)39-64(69)65-40-52(26-32-70(65)82)59-20-12-8-16-46(59)4/h5-41H,1-4H3. The summed E-state index contributed by atoms with van der Waals surface area (Å²) in [5.74, 6) is 0. The monoisotopic (exact) mass is 1080 g/mol. The van der Waals surface area contributed by atoms with Crippen LogP contribution in [0.4, 0.5) is 26.3 Å². The smallest absolute Gasteiger partial charge is 0.309 e. The highest BCUT2D eigenvalue weighted by Gasteiger charge is 2.37. The number of rotatable bonds is 8. The summed E-state index contributed by atoms with van der Waals surface area (Å²) in [5, 5.41) is 14.5. The van der Waals surface area contributed by atoms with E-state index in [0.717, 1.165) is 123 Å². The Labute approximate surface area is 469 Å². The third-order valence-corrected chi connectivity index (χ3v) is 16.2. The Morgan fingerprint density at radius 3 is 1.01 bits per heavy atom. The van der Waals surface area contributed by atoms with Crippen molar-refractivity contribution < 1.29 is 26.3 Å². The van der Waals surface area contributed by atoms with Gasteiger partial charge in [-0.3, -0.25) is 0 Å². The molecular formula is C73H49F6N3. The maximum Gasteiger partial charge on any atom is 0.416 e. The number of nitrogens with zero attached hydrogens (tertiary/aromatic N) is 3. The topological polar surface area (TPSA) is 33.6 Å². The molecule has 82 heavy (non-hydrogen) atoms. The second-order valence-electron chi connectivity index (χ2n) is 21.2. The predicted octanol–water partition coefficient (Wildman–Crippen LogP) is 21.0. The first-order chi connectivity index (χ1) is 39.5. The van der Waals surface area contributed by atoms with Crippen LogP contribution in [0, 0.1) is 39.0 Å². The summed E-state index contributed by atoms with van der Waals surface area (Å²) < 4.78 is 92.3. The molecule has 0 radical (unpaired) electrons. The van der Waals surface area contributed by atoms with E-state index in [0.29, 0.717) is 28.1 Å². The van der Waals surface area contributed by atoms with Crippen LogP contribution in [0.2, 0.25) is 0 Å². The maximum absolute atomic E-state index is 14.7. The number of aromatic nitrogens is 2. The van der Waals surface area contributed by atoms with Crippen LogP contribution in [0.3, 0.4) is 0 Å². The number of nitriles is 1. The molecule has 0 spiro atoms. The minimum absolute atomic E-state index is 0.128. The van der Waals surface area contributed by atoms with E-state index in [-0.39, 0.29) is 17.2 Å². The summed E-state index contributed by atoms with van der Waals surface area (Å²) >= 11 is 0. The van der Waals surface area contributed by atoms with Gasteiger partial charge >= 0.3 is 12.4 Å². The van der Waals surface area contributed by atoms with Crippen molar-refractivity contribution in [1.29, 1.82) is 5.26 Å². The Morgan fingerprint density at radius 2 is 0.659 bits per heavy atom. The van der Waals surface area contributed by atoms with Crippen molar-refractivity contribution in [2.24, 2.45) is 0 Å². The lowest BCUT2D eigenvalue weighted by Crippen LogP contribution is -2.11. The molecule has 13 rings (SSSR count). The molecule has 0 saturated heterocycles.